The molecule has 0 aromatic carbocycles. The van der Waals surface area contributed by atoms with Crippen molar-refractivity contribution < 1.29 is 33.4 Å². The third-order valence-corrected chi connectivity index (χ3v) is 4.70. The summed E-state index contributed by atoms with van der Waals surface area (Å²) in [6.07, 6.45) is 4.30. The second kappa shape index (κ2) is 5.43. The molecule has 7 heteroatoms. The summed E-state index contributed by atoms with van der Waals surface area (Å²) in [7, 11) is 2.29. The van der Waals surface area contributed by atoms with Crippen LogP contribution in [-0.2, 0) is 33.4 Å². The van der Waals surface area contributed by atoms with Gasteiger partial charge >= 0.3 is 11.9 Å². The van der Waals surface area contributed by atoms with E-state index in [4.69, 9.17) is 14.2 Å². The monoisotopic (exact) mass is 332 g/mol. The zero-order valence-electron chi connectivity index (χ0n) is 13.4. The zero-order chi connectivity index (χ0) is 17.6. The Labute approximate surface area is 137 Å². The van der Waals surface area contributed by atoms with E-state index in [1.54, 1.807) is 13.0 Å². The lowest BCUT2D eigenvalue weighted by Gasteiger charge is -2.41. The Kier molecular flexibility index (Phi) is 3.66. The van der Waals surface area contributed by atoms with E-state index in [-0.39, 0.29) is 11.4 Å². The van der Waals surface area contributed by atoms with E-state index in [1.165, 1.54) is 12.2 Å². The molecule has 0 N–H and O–H groups in total. The third-order valence-electron chi connectivity index (χ3n) is 4.70. The minimum atomic E-state index is -1.86. The summed E-state index contributed by atoms with van der Waals surface area (Å²) in [6.45, 7) is 1.66. The number of allylic oxidation sites excluding steroid dienone is 3. The molecule has 0 saturated carbocycles. The lowest BCUT2D eigenvalue weighted by molar-refractivity contribution is -0.172. The van der Waals surface area contributed by atoms with E-state index in [0.717, 1.165) is 20.3 Å². The van der Waals surface area contributed by atoms with E-state index < -0.39 is 41.1 Å². The highest BCUT2D eigenvalue weighted by atomic mass is 16.5. The van der Waals surface area contributed by atoms with Crippen molar-refractivity contribution in [3.63, 3.8) is 0 Å². The maximum Gasteiger partial charge on any atom is 0.327 e. The quantitative estimate of drug-likeness (QED) is 0.537. The van der Waals surface area contributed by atoms with Crippen molar-refractivity contribution in [1.82, 2.24) is 0 Å². The fraction of sp³-hybridized carbons (Fsp3) is 0.412. The first-order chi connectivity index (χ1) is 11.4. The maximum absolute atomic E-state index is 12.5. The molecule has 0 aromatic rings. The molecule has 1 aliphatic heterocycles. The molecule has 24 heavy (non-hydrogen) atoms. The largest absolute Gasteiger partial charge is 0.494 e. The van der Waals surface area contributed by atoms with E-state index in [0.29, 0.717) is 5.76 Å². The third kappa shape index (κ3) is 1.97. The van der Waals surface area contributed by atoms with Crippen molar-refractivity contribution in [3.05, 3.63) is 35.6 Å². The van der Waals surface area contributed by atoms with Gasteiger partial charge in [-0.05, 0) is 31.2 Å². The van der Waals surface area contributed by atoms with Gasteiger partial charge in [0.25, 0.3) is 0 Å². The molecule has 2 aliphatic carbocycles. The number of hydrogen-bond donors (Lipinski definition) is 0. The van der Waals surface area contributed by atoms with Crippen LogP contribution in [0.15, 0.2) is 35.6 Å². The van der Waals surface area contributed by atoms with Crippen molar-refractivity contribution in [2.75, 3.05) is 14.2 Å². The fourth-order valence-electron chi connectivity index (χ4n) is 3.66. The first-order valence-corrected chi connectivity index (χ1v) is 7.37. The smallest absolute Gasteiger partial charge is 0.327 e. The van der Waals surface area contributed by atoms with Gasteiger partial charge in [-0.25, -0.2) is 0 Å². The number of carbonyl (C=O) groups excluding carboxylic acids is 4. The van der Waals surface area contributed by atoms with Crippen LogP contribution >= 0.6 is 0 Å². The van der Waals surface area contributed by atoms with Crippen LogP contribution in [0, 0.1) is 17.3 Å². The van der Waals surface area contributed by atoms with Crippen LogP contribution < -0.4 is 0 Å². The van der Waals surface area contributed by atoms with E-state index in [2.05, 4.69) is 0 Å². The molecule has 0 fully saturated rings. The van der Waals surface area contributed by atoms with Crippen LogP contribution in [0.4, 0.5) is 0 Å². The summed E-state index contributed by atoms with van der Waals surface area (Å²) in [5.41, 5.74) is -1.80. The Morgan fingerprint density at radius 1 is 1.12 bits per heavy atom. The summed E-state index contributed by atoms with van der Waals surface area (Å²) in [5.74, 6) is -3.66. The SMILES string of the molecule is COC(=O)C1(C(=O)OC)C=C2C(=O)C=CC(=O)[C@@H]2[C@@H]2OC(C)=C[C@@H]21. The van der Waals surface area contributed by atoms with Crippen molar-refractivity contribution >= 4 is 23.5 Å². The Balaban J connectivity index is 2.29. The second-order valence-corrected chi connectivity index (χ2v) is 5.92. The van der Waals surface area contributed by atoms with Gasteiger partial charge in [0.15, 0.2) is 17.0 Å². The number of rotatable bonds is 2. The topological polar surface area (TPSA) is 96.0 Å². The van der Waals surface area contributed by atoms with Gasteiger partial charge in [-0.15, -0.1) is 0 Å². The summed E-state index contributed by atoms with van der Waals surface area (Å²) >= 11 is 0. The van der Waals surface area contributed by atoms with Crippen LogP contribution in [0.1, 0.15) is 6.92 Å². The van der Waals surface area contributed by atoms with Crippen molar-refractivity contribution in [1.29, 1.82) is 0 Å². The molecule has 3 atom stereocenters. The number of carbonyl (C=O) groups is 4. The maximum atomic E-state index is 12.5. The number of ketones is 2. The minimum absolute atomic E-state index is 0.0580. The first-order valence-electron chi connectivity index (χ1n) is 7.37. The standard InChI is InChI=1S/C17H16O7/c1-8-6-10-14(24-8)13-9(11(18)4-5-12(13)19)7-17(10,15(20)22-2)16(21)23-3/h4-7,10,13-14H,1-3H3/t10-,13+,14+/m0/s1. The van der Waals surface area contributed by atoms with Gasteiger partial charge in [0.1, 0.15) is 6.10 Å². The van der Waals surface area contributed by atoms with Crippen molar-refractivity contribution in [3.8, 4) is 0 Å². The van der Waals surface area contributed by atoms with Crippen molar-refractivity contribution in [2.45, 2.75) is 13.0 Å². The normalized spacial score (nSPS) is 29.7. The highest BCUT2D eigenvalue weighted by Crippen LogP contribution is 2.51. The second-order valence-electron chi connectivity index (χ2n) is 5.92. The molecule has 3 aliphatic rings. The van der Waals surface area contributed by atoms with E-state index >= 15 is 0 Å². The number of fused-ring (bicyclic) bond motifs is 3. The molecular formula is C17H16O7. The molecule has 0 bridgehead atoms. The van der Waals surface area contributed by atoms with Gasteiger partial charge < -0.3 is 14.2 Å². The lowest BCUT2D eigenvalue weighted by Crippen LogP contribution is -2.55. The van der Waals surface area contributed by atoms with Gasteiger partial charge in [0, 0.05) is 11.5 Å². The van der Waals surface area contributed by atoms with Crippen LogP contribution in [-0.4, -0.2) is 43.8 Å². The highest BCUT2D eigenvalue weighted by Gasteiger charge is 2.63. The molecule has 0 radical (unpaired) electrons. The van der Waals surface area contributed by atoms with Gasteiger partial charge in [0.2, 0.25) is 0 Å². The Morgan fingerprint density at radius 3 is 2.33 bits per heavy atom. The minimum Gasteiger partial charge on any atom is -0.494 e. The van der Waals surface area contributed by atoms with Crippen molar-refractivity contribution in [2.24, 2.45) is 17.3 Å². The number of methoxy groups -OCH3 is 2. The Morgan fingerprint density at radius 2 is 1.75 bits per heavy atom. The average Bonchev–Trinajstić information content (AvgIpc) is 2.97. The van der Waals surface area contributed by atoms with Gasteiger partial charge in [-0.2, -0.15) is 0 Å². The number of hydrogen-bond acceptors (Lipinski definition) is 7. The Bertz CT molecular complexity index is 724. The molecule has 0 amide bonds. The van der Waals surface area contributed by atoms with Gasteiger partial charge in [0.05, 0.1) is 25.9 Å². The van der Waals surface area contributed by atoms with Crippen LogP contribution in [0.5, 0.6) is 0 Å². The molecule has 0 saturated heterocycles. The zero-order valence-corrected chi connectivity index (χ0v) is 13.4. The molecule has 0 aromatic heterocycles. The van der Waals surface area contributed by atoms with Gasteiger partial charge in [-0.3, -0.25) is 19.2 Å². The van der Waals surface area contributed by atoms with Crippen LogP contribution in [0.3, 0.4) is 0 Å². The molecule has 0 unspecified atom stereocenters. The number of esters is 2. The molecule has 3 rings (SSSR count). The lowest BCUT2D eigenvalue weighted by atomic mass is 9.61. The summed E-state index contributed by atoms with van der Waals surface area (Å²) < 4.78 is 15.3. The number of ether oxygens (including phenoxy) is 3. The molecular weight excluding hydrogens is 316 g/mol. The first kappa shape index (κ1) is 16.2. The van der Waals surface area contributed by atoms with E-state index in [9.17, 15) is 19.2 Å². The van der Waals surface area contributed by atoms with Crippen LogP contribution in [0.25, 0.3) is 0 Å². The summed E-state index contributed by atoms with van der Waals surface area (Å²) in [4.78, 5) is 49.6. The average molecular weight is 332 g/mol. The molecule has 126 valence electrons. The predicted octanol–water partition coefficient (Wildman–Crippen LogP) is 0.502. The fourth-order valence-corrected chi connectivity index (χ4v) is 3.66. The summed E-state index contributed by atoms with van der Waals surface area (Å²) in [6, 6.07) is 0. The predicted molar refractivity (Wildman–Crippen MR) is 79.3 cm³/mol. The summed E-state index contributed by atoms with van der Waals surface area (Å²) in [5, 5.41) is 0. The van der Waals surface area contributed by atoms with E-state index in [1.807, 2.05) is 0 Å². The highest BCUT2D eigenvalue weighted by molar-refractivity contribution is 6.18. The molecule has 7 nitrogen and oxygen atoms in total. The van der Waals surface area contributed by atoms with Crippen LogP contribution in [0.2, 0.25) is 0 Å². The molecule has 1 heterocycles. The van der Waals surface area contributed by atoms with Gasteiger partial charge in [-0.1, -0.05) is 0 Å². The Hall–Kier alpha value is -2.70. The molecule has 0 spiro atoms.